The molecule has 0 heterocycles. The summed E-state index contributed by atoms with van der Waals surface area (Å²) in [5.74, 6) is 0.419. The molecule has 0 spiro atoms. The van der Waals surface area contributed by atoms with Gasteiger partial charge in [0.2, 0.25) is 0 Å². The van der Waals surface area contributed by atoms with E-state index in [1.54, 1.807) is 14.0 Å². The predicted molar refractivity (Wildman–Crippen MR) is 97.0 cm³/mol. The standard InChI is InChI=1S/C17H26N2O3S/c1-5-7-8-13(16(20)22-6-2)18-17(23)19-14-11-12(3)9-10-15(14)21-4/h9-11,13H,5-8H2,1-4H3,(H2,18,19,23). The van der Waals surface area contributed by atoms with Gasteiger partial charge in [-0.2, -0.15) is 0 Å². The highest BCUT2D eigenvalue weighted by Gasteiger charge is 2.20. The topological polar surface area (TPSA) is 59.6 Å². The molecule has 2 N–H and O–H groups in total. The van der Waals surface area contributed by atoms with Gasteiger partial charge in [-0.1, -0.05) is 25.8 Å². The number of methoxy groups -OCH3 is 1. The quantitative estimate of drug-likeness (QED) is 0.559. The summed E-state index contributed by atoms with van der Waals surface area (Å²) in [6.07, 6.45) is 2.61. The highest BCUT2D eigenvalue weighted by atomic mass is 32.1. The van der Waals surface area contributed by atoms with Crippen molar-refractivity contribution in [2.45, 2.75) is 46.1 Å². The maximum atomic E-state index is 12.0. The Bertz CT molecular complexity index is 535. The summed E-state index contributed by atoms with van der Waals surface area (Å²) in [5.41, 5.74) is 1.85. The zero-order chi connectivity index (χ0) is 17.2. The lowest BCUT2D eigenvalue weighted by Gasteiger charge is -2.20. The molecule has 0 radical (unpaired) electrons. The molecule has 1 aromatic rings. The van der Waals surface area contributed by atoms with Crippen LogP contribution in [0, 0.1) is 6.92 Å². The van der Waals surface area contributed by atoms with Crippen LogP contribution < -0.4 is 15.4 Å². The second-order valence-electron chi connectivity index (χ2n) is 5.25. The van der Waals surface area contributed by atoms with Crippen LogP contribution in [0.3, 0.4) is 0 Å². The lowest BCUT2D eigenvalue weighted by molar-refractivity contribution is -0.145. The summed E-state index contributed by atoms with van der Waals surface area (Å²) in [6, 6.07) is 5.34. The fraction of sp³-hybridized carbons (Fsp3) is 0.529. The van der Waals surface area contributed by atoms with Gasteiger partial charge in [0, 0.05) is 0 Å². The molecule has 0 fully saturated rings. The molecule has 0 aliphatic heterocycles. The lowest BCUT2D eigenvalue weighted by atomic mass is 10.1. The van der Waals surface area contributed by atoms with Gasteiger partial charge in [0.25, 0.3) is 0 Å². The summed E-state index contributed by atoms with van der Waals surface area (Å²) in [5, 5.41) is 6.52. The van der Waals surface area contributed by atoms with E-state index >= 15 is 0 Å². The Balaban J connectivity index is 2.75. The van der Waals surface area contributed by atoms with E-state index in [9.17, 15) is 4.79 Å². The smallest absolute Gasteiger partial charge is 0.328 e. The van der Waals surface area contributed by atoms with Crippen LogP contribution in [0.1, 0.15) is 38.7 Å². The molecule has 6 heteroatoms. The van der Waals surface area contributed by atoms with Crippen LogP contribution in [0.5, 0.6) is 5.75 Å². The number of esters is 1. The van der Waals surface area contributed by atoms with Crippen LogP contribution >= 0.6 is 12.2 Å². The van der Waals surface area contributed by atoms with Gasteiger partial charge in [-0.3, -0.25) is 0 Å². The lowest BCUT2D eigenvalue weighted by Crippen LogP contribution is -2.43. The largest absolute Gasteiger partial charge is 0.495 e. The average molecular weight is 338 g/mol. The zero-order valence-corrected chi connectivity index (χ0v) is 15.1. The van der Waals surface area contributed by atoms with Crippen molar-refractivity contribution in [1.29, 1.82) is 0 Å². The van der Waals surface area contributed by atoms with Gasteiger partial charge >= 0.3 is 5.97 Å². The molecule has 1 unspecified atom stereocenters. The summed E-state index contributed by atoms with van der Waals surface area (Å²) in [4.78, 5) is 12.0. The van der Waals surface area contributed by atoms with Crippen molar-refractivity contribution in [1.82, 2.24) is 5.32 Å². The molecule has 128 valence electrons. The third kappa shape index (κ3) is 6.44. The van der Waals surface area contributed by atoms with Gasteiger partial charge in [0.05, 0.1) is 19.4 Å². The number of aryl methyl sites for hydroxylation is 1. The van der Waals surface area contributed by atoms with E-state index in [1.165, 1.54) is 0 Å². The van der Waals surface area contributed by atoms with E-state index in [1.807, 2.05) is 25.1 Å². The van der Waals surface area contributed by atoms with Crippen molar-refractivity contribution in [2.24, 2.45) is 0 Å². The Morgan fingerprint density at radius 1 is 1.35 bits per heavy atom. The number of nitrogens with one attached hydrogen (secondary N) is 2. The molecule has 0 saturated carbocycles. The van der Waals surface area contributed by atoms with Crippen molar-refractivity contribution < 1.29 is 14.3 Å². The SMILES string of the molecule is CCCCC(NC(=S)Nc1cc(C)ccc1OC)C(=O)OCC. The third-order valence-corrected chi connectivity index (χ3v) is 3.55. The van der Waals surface area contributed by atoms with Crippen LogP contribution in [0.15, 0.2) is 18.2 Å². The molecule has 0 aromatic heterocycles. The van der Waals surface area contributed by atoms with Gasteiger partial charge in [0.1, 0.15) is 11.8 Å². The zero-order valence-electron chi connectivity index (χ0n) is 14.3. The number of anilines is 1. The highest BCUT2D eigenvalue weighted by Crippen LogP contribution is 2.25. The van der Waals surface area contributed by atoms with E-state index in [-0.39, 0.29) is 5.97 Å². The molecule has 0 aliphatic rings. The van der Waals surface area contributed by atoms with Crippen molar-refractivity contribution in [2.75, 3.05) is 19.0 Å². The average Bonchev–Trinajstić information content (AvgIpc) is 2.51. The molecule has 0 bridgehead atoms. The number of carbonyl (C=O) groups is 1. The monoisotopic (exact) mass is 338 g/mol. The van der Waals surface area contributed by atoms with E-state index < -0.39 is 6.04 Å². The highest BCUT2D eigenvalue weighted by molar-refractivity contribution is 7.80. The minimum Gasteiger partial charge on any atom is -0.495 e. The third-order valence-electron chi connectivity index (χ3n) is 3.33. The van der Waals surface area contributed by atoms with E-state index in [0.29, 0.717) is 23.9 Å². The number of ether oxygens (including phenoxy) is 2. The maximum Gasteiger partial charge on any atom is 0.328 e. The first-order valence-electron chi connectivity index (χ1n) is 7.90. The van der Waals surface area contributed by atoms with Crippen LogP contribution in [-0.2, 0) is 9.53 Å². The second kappa shape index (κ2) is 10.0. The molecule has 23 heavy (non-hydrogen) atoms. The predicted octanol–water partition coefficient (Wildman–Crippen LogP) is 3.41. The molecule has 1 rings (SSSR count). The molecule has 1 aromatic carbocycles. The molecule has 5 nitrogen and oxygen atoms in total. The fourth-order valence-electron chi connectivity index (χ4n) is 2.14. The number of unbranched alkanes of at least 4 members (excludes halogenated alkanes) is 1. The Kier molecular flexibility index (Phi) is 8.40. The fourth-order valence-corrected chi connectivity index (χ4v) is 2.39. The summed E-state index contributed by atoms with van der Waals surface area (Å²) < 4.78 is 10.4. The first-order chi connectivity index (χ1) is 11.0. The Labute approximate surface area is 143 Å². The van der Waals surface area contributed by atoms with E-state index in [4.69, 9.17) is 21.7 Å². The number of carbonyl (C=O) groups excluding carboxylic acids is 1. The van der Waals surface area contributed by atoms with Crippen LogP contribution in [-0.4, -0.2) is 30.8 Å². The van der Waals surface area contributed by atoms with Crippen molar-refractivity contribution in [3.63, 3.8) is 0 Å². The molecule has 0 aliphatic carbocycles. The first-order valence-corrected chi connectivity index (χ1v) is 8.31. The van der Waals surface area contributed by atoms with Gasteiger partial charge < -0.3 is 20.1 Å². The Morgan fingerprint density at radius 2 is 2.09 bits per heavy atom. The minimum absolute atomic E-state index is 0.277. The summed E-state index contributed by atoms with van der Waals surface area (Å²) >= 11 is 5.33. The van der Waals surface area contributed by atoms with Gasteiger partial charge in [-0.05, 0) is 50.2 Å². The van der Waals surface area contributed by atoms with Crippen LogP contribution in [0.2, 0.25) is 0 Å². The molecule has 1 atom stereocenters. The van der Waals surface area contributed by atoms with Crippen molar-refractivity contribution in [3.05, 3.63) is 23.8 Å². The second-order valence-corrected chi connectivity index (χ2v) is 5.66. The number of thiocarbonyl (C=S) groups is 1. The maximum absolute atomic E-state index is 12.0. The van der Waals surface area contributed by atoms with E-state index in [0.717, 1.165) is 24.1 Å². The minimum atomic E-state index is -0.439. The van der Waals surface area contributed by atoms with Crippen molar-refractivity contribution >= 4 is 29.0 Å². The van der Waals surface area contributed by atoms with Gasteiger partial charge in [0.15, 0.2) is 5.11 Å². The first kappa shape index (κ1) is 19.2. The van der Waals surface area contributed by atoms with E-state index in [2.05, 4.69) is 17.6 Å². The number of hydrogen-bond acceptors (Lipinski definition) is 4. The summed E-state index contributed by atoms with van der Waals surface area (Å²) in [7, 11) is 1.61. The van der Waals surface area contributed by atoms with Gasteiger partial charge in [-0.15, -0.1) is 0 Å². The van der Waals surface area contributed by atoms with Crippen molar-refractivity contribution in [3.8, 4) is 5.75 Å². The summed E-state index contributed by atoms with van der Waals surface area (Å²) in [6.45, 7) is 6.22. The molecule has 0 amide bonds. The van der Waals surface area contributed by atoms with Gasteiger partial charge in [-0.25, -0.2) is 4.79 Å². The number of hydrogen-bond donors (Lipinski definition) is 2. The molecular formula is C17H26N2O3S. The molecular weight excluding hydrogens is 312 g/mol. The Hall–Kier alpha value is -1.82. The Morgan fingerprint density at radius 3 is 2.70 bits per heavy atom. The van der Waals surface area contributed by atoms with Crippen LogP contribution in [0.4, 0.5) is 5.69 Å². The number of benzene rings is 1. The molecule has 0 saturated heterocycles. The van der Waals surface area contributed by atoms with Crippen LogP contribution in [0.25, 0.3) is 0 Å². The normalized spacial score (nSPS) is 11.5. The number of rotatable bonds is 8.